The summed E-state index contributed by atoms with van der Waals surface area (Å²) >= 11 is 0. The third-order valence-corrected chi connectivity index (χ3v) is 10.6. The Kier molecular flexibility index (Phi) is 35.0. The normalized spacial score (nSPS) is 14.7. The molecule has 0 aliphatic rings. The van der Waals surface area contributed by atoms with Crippen LogP contribution >= 0.6 is 7.82 Å². The highest BCUT2D eigenvalue weighted by Gasteiger charge is 2.23. The van der Waals surface area contributed by atoms with Gasteiger partial charge in [0.15, 0.2) is 0 Å². The minimum Gasteiger partial charge on any atom is -0.756 e. The van der Waals surface area contributed by atoms with Gasteiger partial charge in [-0.3, -0.25) is 9.36 Å². The topological polar surface area (TPSA) is 108 Å². The standard InChI is InChI=1S/C43H85N2O6P/c1-6-8-10-12-14-16-18-19-20-21-22-23-24-25-26-27-29-31-33-35-37-43(47)44-41(40-51-52(48,49)50-39-38-45(3,4)5)42(46)36-34-32-30-28-17-15-13-11-9-7-2/h17,28,34,36,41-42,46H,6-16,18-27,29-33,35,37-40H2,1-5H3,(H-,44,47,48,49)/b28-17+,36-34+/t41-,42+/m0/s1. The number of hydrogen-bond acceptors (Lipinski definition) is 6. The molecule has 1 unspecified atom stereocenters. The van der Waals surface area contributed by atoms with Crippen LogP contribution in [0.5, 0.6) is 0 Å². The number of nitrogens with one attached hydrogen (secondary N) is 1. The van der Waals surface area contributed by atoms with E-state index in [1.165, 1.54) is 135 Å². The number of aliphatic hydroxyl groups excluding tert-OH is 1. The molecule has 0 aliphatic heterocycles. The minimum atomic E-state index is -4.58. The first kappa shape index (κ1) is 51.0. The Morgan fingerprint density at radius 2 is 1.08 bits per heavy atom. The minimum absolute atomic E-state index is 0.00464. The van der Waals surface area contributed by atoms with Crippen molar-refractivity contribution < 1.29 is 32.9 Å². The highest BCUT2D eigenvalue weighted by Crippen LogP contribution is 2.38. The van der Waals surface area contributed by atoms with Crippen molar-refractivity contribution in [2.24, 2.45) is 0 Å². The van der Waals surface area contributed by atoms with Crippen LogP contribution < -0.4 is 10.2 Å². The molecule has 0 aromatic rings. The first-order valence-electron chi connectivity index (χ1n) is 21.7. The van der Waals surface area contributed by atoms with E-state index in [2.05, 4.69) is 31.3 Å². The molecule has 1 amide bonds. The molecule has 2 N–H and O–H groups in total. The first-order valence-corrected chi connectivity index (χ1v) is 23.2. The number of rotatable bonds is 39. The zero-order chi connectivity index (χ0) is 38.6. The number of quaternary nitrogens is 1. The number of unbranched alkanes of at least 4 members (excludes halogenated alkanes) is 24. The van der Waals surface area contributed by atoms with Crippen LogP contribution in [0.15, 0.2) is 24.3 Å². The van der Waals surface area contributed by atoms with Gasteiger partial charge in [0.1, 0.15) is 13.2 Å². The largest absolute Gasteiger partial charge is 0.756 e. The first-order chi connectivity index (χ1) is 25.0. The SMILES string of the molecule is CCCCCC/C=C/CC/C=C/[C@@H](O)[C@H](COP(=O)([O-])OCC[N+](C)(C)C)NC(=O)CCCCCCCCCCCCCCCCCCCCCC. The molecule has 0 spiro atoms. The van der Waals surface area contributed by atoms with E-state index in [-0.39, 0.29) is 19.1 Å². The number of phosphoric ester groups is 1. The van der Waals surface area contributed by atoms with Crippen molar-refractivity contribution in [3.63, 3.8) is 0 Å². The van der Waals surface area contributed by atoms with Crippen molar-refractivity contribution in [2.75, 3.05) is 40.9 Å². The van der Waals surface area contributed by atoms with Crippen LogP contribution in [0.4, 0.5) is 0 Å². The van der Waals surface area contributed by atoms with Crippen molar-refractivity contribution in [1.29, 1.82) is 0 Å². The fraction of sp³-hybridized carbons (Fsp3) is 0.884. The summed E-state index contributed by atoms with van der Waals surface area (Å²) in [7, 11) is 1.25. The summed E-state index contributed by atoms with van der Waals surface area (Å²) < 4.78 is 23.1. The average Bonchev–Trinajstić information content (AvgIpc) is 3.09. The van der Waals surface area contributed by atoms with Gasteiger partial charge in [-0.15, -0.1) is 0 Å². The van der Waals surface area contributed by atoms with Gasteiger partial charge >= 0.3 is 0 Å². The molecule has 0 aliphatic carbocycles. The number of phosphoric acid groups is 1. The second-order valence-corrected chi connectivity index (χ2v) is 17.5. The molecule has 9 heteroatoms. The lowest BCUT2D eigenvalue weighted by molar-refractivity contribution is -0.870. The van der Waals surface area contributed by atoms with Crippen LogP contribution in [0.25, 0.3) is 0 Å². The highest BCUT2D eigenvalue weighted by atomic mass is 31.2. The van der Waals surface area contributed by atoms with E-state index in [9.17, 15) is 19.4 Å². The van der Waals surface area contributed by atoms with Gasteiger partial charge in [0.25, 0.3) is 7.82 Å². The number of carbonyl (C=O) groups excluding carboxylic acids is 1. The van der Waals surface area contributed by atoms with E-state index >= 15 is 0 Å². The quantitative estimate of drug-likeness (QED) is 0.0280. The fourth-order valence-corrected chi connectivity index (χ4v) is 6.89. The van der Waals surface area contributed by atoms with Crippen molar-refractivity contribution in [1.82, 2.24) is 5.32 Å². The number of allylic oxidation sites excluding steroid dienone is 3. The molecule has 8 nitrogen and oxygen atoms in total. The predicted octanol–water partition coefficient (Wildman–Crippen LogP) is 11.1. The zero-order valence-electron chi connectivity index (χ0n) is 34.8. The Morgan fingerprint density at radius 3 is 1.56 bits per heavy atom. The summed E-state index contributed by atoms with van der Waals surface area (Å²) in [5.74, 6) is -0.207. The van der Waals surface area contributed by atoms with Crippen LogP contribution in [0, 0.1) is 0 Å². The van der Waals surface area contributed by atoms with Gasteiger partial charge in [0, 0.05) is 6.42 Å². The van der Waals surface area contributed by atoms with Gasteiger partial charge in [-0.2, -0.15) is 0 Å². The lowest BCUT2D eigenvalue weighted by atomic mass is 10.0. The molecule has 0 heterocycles. The maximum absolute atomic E-state index is 12.8. The Hall–Kier alpha value is -1.02. The van der Waals surface area contributed by atoms with Gasteiger partial charge in [-0.05, 0) is 32.1 Å². The van der Waals surface area contributed by atoms with Crippen LogP contribution in [-0.4, -0.2) is 68.5 Å². The van der Waals surface area contributed by atoms with Gasteiger partial charge in [0.05, 0.1) is 39.9 Å². The predicted molar refractivity (Wildman–Crippen MR) is 219 cm³/mol. The highest BCUT2D eigenvalue weighted by molar-refractivity contribution is 7.45. The van der Waals surface area contributed by atoms with E-state index in [1.54, 1.807) is 6.08 Å². The summed E-state index contributed by atoms with van der Waals surface area (Å²) in [6.45, 7) is 4.59. The Bertz CT molecular complexity index is 907. The molecule has 0 radical (unpaired) electrons. The van der Waals surface area contributed by atoms with Gasteiger partial charge in [0.2, 0.25) is 5.91 Å². The number of carbonyl (C=O) groups is 1. The number of amides is 1. The van der Waals surface area contributed by atoms with E-state index in [0.717, 1.165) is 38.5 Å². The Balaban J connectivity index is 4.30. The van der Waals surface area contributed by atoms with Crippen molar-refractivity contribution in [2.45, 2.75) is 206 Å². The summed E-state index contributed by atoms with van der Waals surface area (Å²) in [4.78, 5) is 25.2. The van der Waals surface area contributed by atoms with Crippen LogP contribution in [-0.2, 0) is 18.4 Å². The van der Waals surface area contributed by atoms with E-state index in [1.807, 2.05) is 27.2 Å². The molecule has 52 heavy (non-hydrogen) atoms. The molecule has 3 atom stereocenters. The summed E-state index contributed by atoms with van der Waals surface area (Å²) in [5, 5.41) is 13.7. The van der Waals surface area contributed by atoms with E-state index in [4.69, 9.17) is 9.05 Å². The van der Waals surface area contributed by atoms with Gasteiger partial charge in [-0.1, -0.05) is 179 Å². The van der Waals surface area contributed by atoms with Gasteiger partial charge < -0.3 is 28.8 Å². The lowest BCUT2D eigenvalue weighted by Crippen LogP contribution is -2.45. The summed E-state index contributed by atoms with van der Waals surface area (Å²) in [6.07, 6.45) is 40.9. The molecule has 0 rings (SSSR count). The Labute approximate surface area is 322 Å². The zero-order valence-corrected chi connectivity index (χ0v) is 35.7. The average molecular weight is 757 g/mol. The van der Waals surface area contributed by atoms with Gasteiger partial charge in [-0.25, -0.2) is 0 Å². The molecule has 0 aromatic heterocycles. The maximum Gasteiger partial charge on any atom is 0.268 e. The number of hydrogen-bond donors (Lipinski definition) is 2. The molecule has 0 aromatic carbocycles. The molecule has 308 valence electrons. The second kappa shape index (κ2) is 35.7. The molecule has 0 saturated carbocycles. The fourth-order valence-electron chi connectivity index (χ4n) is 6.17. The molecule has 0 fully saturated rings. The molecular formula is C43H85N2O6P. The van der Waals surface area contributed by atoms with E-state index < -0.39 is 20.0 Å². The van der Waals surface area contributed by atoms with Crippen molar-refractivity contribution in [3.05, 3.63) is 24.3 Å². The molecule has 0 saturated heterocycles. The number of nitrogens with zero attached hydrogens (tertiary/aromatic N) is 1. The molecular weight excluding hydrogens is 671 g/mol. The number of aliphatic hydroxyl groups is 1. The monoisotopic (exact) mass is 757 g/mol. The third-order valence-electron chi connectivity index (χ3n) is 9.66. The second-order valence-electron chi connectivity index (χ2n) is 16.0. The van der Waals surface area contributed by atoms with Crippen LogP contribution in [0.2, 0.25) is 0 Å². The van der Waals surface area contributed by atoms with Crippen LogP contribution in [0.3, 0.4) is 0 Å². The van der Waals surface area contributed by atoms with Crippen molar-refractivity contribution >= 4 is 13.7 Å². The maximum atomic E-state index is 12.8. The number of likely N-dealkylation sites (N-methyl/N-ethyl adjacent to an activating group) is 1. The Morgan fingerprint density at radius 1 is 0.654 bits per heavy atom. The lowest BCUT2D eigenvalue weighted by Gasteiger charge is -2.29. The van der Waals surface area contributed by atoms with Crippen LogP contribution in [0.1, 0.15) is 194 Å². The molecule has 0 bridgehead atoms. The smallest absolute Gasteiger partial charge is 0.268 e. The summed E-state index contributed by atoms with van der Waals surface area (Å²) in [6, 6.07) is -0.896. The van der Waals surface area contributed by atoms with E-state index in [0.29, 0.717) is 17.4 Å². The summed E-state index contributed by atoms with van der Waals surface area (Å²) in [5.41, 5.74) is 0. The third kappa shape index (κ3) is 37.3. The van der Waals surface area contributed by atoms with Crippen molar-refractivity contribution in [3.8, 4) is 0 Å².